The minimum Gasteiger partial charge on any atom is -0.493 e. The van der Waals surface area contributed by atoms with E-state index in [9.17, 15) is 0 Å². The molecule has 2 N–H and O–H groups in total. The molecule has 1 aliphatic carbocycles. The third-order valence-corrected chi connectivity index (χ3v) is 4.49. The molecule has 1 aromatic carbocycles. The summed E-state index contributed by atoms with van der Waals surface area (Å²) in [6.45, 7) is 7.80. The van der Waals surface area contributed by atoms with Crippen LogP contribution in [-0.2, 0) is 5.41 Å². The number of benzene rings is 1. The molecule has 0 bridgehead atoms. The van der Waals surface area contributed by atoms with Crippen LogP contribution in [0.5, 0.6) is 5.75 Å². The summed E-state index contributed by atoms with van der Waals surface area (Å²) in [4.78, 5) is 0. The molecule has 1 saturated carbocycles. The number of hydrogen-bond acceptors (Lipinski definition) is 2. The number of nitrogens with two attached hydrogens (primary N) is 1. The Morgan fingerprint density at radius 2 is 1.89 bits per heavy atom. The van der Waals surface area contributed by atoms with E-state index in [1.165, 1.54) is 42.4 Å². The van der Waals surface area contributed by atoms with Gasteiger partial charge in [-0.2, -0.15) is 0 Å². The van der Waals surface area contributed by atoms with E-state index < -0.39 is 0 Å². The van der Waals surface area contributed by atoms with Crippen LogP contribution in [0.15, 0.2) is 12.1 Å². The van der Waals surface area contributed by atoms with E-state index in [0.717, 1.165) is 18.9 Å². The first-order valence-corrected chi connectivity index (χ1v) is 7.08. The molecule has 0 aliphatic heterocycles. The smallest absolute Gasteiger partial charge is 0.126 e. The van der Waals surface area contributed by atoms with Crippen LogP contribution in [0.1, 0.15) is 49.3 Å². The third-order valence-electron chi connectivity index (χ3n) is 4.49. The third kappa shape index (κ3) is 2.14. The van der Waals surface area contributed by atoms with Gasteiger partial charge < -0.3 is 10.5 Å². The Morgan fingerprint density at radius 3 is 2.44 bits per heavy atom. The Bertz CT molecular complexity index is 419. The van der Waals surface area contributed by atoms with Crippen molar-refractivity contribution in [2.45, 2.75) is 51.9 Å². The van der Waals surface area contributed by atoms with Crippen molar-refractivity contribution in [2.75, 3.05) is 13.2 Å². The van der Waals surface area contributed by atoms with Crippen LogP contribution in [0.3, 0.4) is 0 Å². The van der Waals surface area contributed by atoms with Crippen molar-refractivity contribution < 1.29 is 4.74 Å². The molecule has 2 nitrogen and oxygen atoms in total. The molecule has 0 amide bonds. The van der Waals surface area contributed by atoms with Gasteiger partial charge in [0.15, 0.2) is 0 Å². The van der Waals surface area contributed by atoms with E-state index in [0.29, 0.717) is 0 Å². The van der Waals surface area contributed by atoms with E-state index >= 15 is 0 Å². The Hall–Kier alpha value is -1.02. The molecule has 0 spiro atoms. The van der Waals surface area contributed by atoms with Crippen molar-refractivity contribution in [3.8, 4) is 5.75 Å². The summed E-state index contributed by atoms with van der Waals surface area (Å²) in [5.74, 6) is 1.09. The lowest BCUT2D eigenvalue weighted by Crippen LogP contribution is -2.32. The number of ether oxygens (including phenoxy) is 1. The SMILES string of the molecule is CCOc1c(C2(CN)CCCC2)ccc(C)c1C. The summed E-state index contributed by atoms with van der Waals surface area (Å²) in [5, 5.41) is 0. The topological polar surface area (TPSA) is 35.2 Å². The lowest BCUT2D eigenvalue weighted by atomic mass is 9.77. The first kappa shape index (κ1) is 13.4. The second-order valence-electron chi connectivity index (χ2n) is 5.51. The van der Waals surface area contributed by atoms with Gasteiger partial charge in [-0.1, -0.05) is 25.0 Å². The molecule has 0 radical (unpaired) electrons. The predicted molar refractivity (Wildman–Crippen MR) is 76.3 cm³/mol. The minimum absolute atomic E-state index is 0.156. The van der Waals surface area contributed by atoms with E-state index in [2.05, 4.69) is 32.9 Å². The van der Waals surface area contributed by atoms with Gasteiger partial charge in [-0.15, -0.1) is 0 Å². The van der Waals surface area contributed by atoms with Crippen LogP contribution >= 0.6 is 0 Å². The van der Waals surface area contributed by atoms with Crippen LogP contribution in [0, 0.1) is 13.8 Å². The molecular formula is C16H25NO. The molecule has 0 saturated heterocycles. The van der Waals surface area contributed by atoms with Crippen molar-refractivity contribution in [1.29, 1.82) is 0 Å². The summed E-state index contributed by atoms with van der Waals surface area (Å²) in [6.07, 6.45) is 4.98. The van der Waals surface area contributed by atoms with Gasteiger partial charge in [-0.3, -0.25) is 0 Å². The highest BCUT2D eigenvalue weighted by atomic mass is 16.5. The van der Waals surface area contributed by atoms with E-state index in [1.54, 1.807) is 0 Å². The van der Waals surface area contributed by atoms with Crippen LogP contribution < -0.4 is 10.5 Å². The van der Waals surface area contributed by atoms with Crippen molar-refractivity contribution in [1.82, 2.24) is 0 Å². The molecule has 0 heterocycles. The van der Waals surface area contributed by atoms with Gasteiger partial charge in [0.05, 0.1) is 6.61 Å². The van der Waals surface area contributed by atoms with Crippen LogP contribution in [-0.4, -0.2) is 13.2 Å². The first-order chi connectivity index (χ1) is 8.64. The second-order valence-corrected chi connectivity index (χ2v) is 5.51. The molecule has 1 aromatic rings. The molecular weight excluding hydrogens is 222 g/mol. The Labute approximate surface area is 111 Å². The van der Waals surface area contributed by atoms with Crippen LogP contribution in [0.25, 0.3) is 0 Å². The second kappa shape index (κ2) is 5.31. The maximum Gasteiger partial charge on any atom is 0.126 e. The fourth-order valence-electron chi connectivity index (χ4n) is 3.17. The Balaban J connectivity index is 2.52. The van der Waals surface area contributed by atoms with Gasteiger partial charge >= 0.3 is 0 Å². The van der Waals surface area contributed by atoms with Crippen LogP contribution in [0.4, 0.5) is 0 Å². The van der Waals surface area contributed by atoms with Gasteiger partial charge in [-0.05, 0) is 44.7 Å². The number of aryl methyl sites for hydroxylation is 1. The van der Waals surface area contributed by atoms with Crippen molar-refractivity contribution in [3.05, 3.63) is 28.8 Å². The normalized spacial score (nSPS) is 18.0. The van der Waals surface area contributed by atoms with E-state index in [1.807, 2.05) is 0 Å². The number of rotatable bonds is 4. The Kier molecular flexibility index (Phi) is 3.96. The van der Waals surface area contributed by atoms with E-state index in [4.69, 9.17) is 10.5 Å². The summed E-state index contributed by atoms with van der Waals surface area (Å²) < 4.78 is 5.93. The highest BCUT2D eigenvalue weighted by Crippen LogP contribution is 2.45. The van der Waals surface area contributed by atoms with Gasteiger partial charge in [0.2, 0.25) is 0 Å². The zero-order valence-electron chi connectivity index (χ0n) is 11.9. The summed E-state index contributed by atoms with van der Waals surface area (Å²) in [7, 11) is 0. The lowest BCUT2D eigenvalue weighted by Gasteiger charge is -2.31. The Morgan fingerprint density at radius 1 is 1.22 bits per heavy atom. The minimum atomic E-state index is 0.156. The molecule has 1 aliphatic rings. The molecule has 0 unspecified atom stereocenters. The quantitative estimate of drug-likeness (QED) is 0.884. The lowest BCUT2D eigenvalue weighted by molar-refractivity contribution is 0.319. The van der Waals surface area contributed by atoms with Gasteiger partial charge in [-0.25, -0.2) is 0 Å². The zero-order chi connectivity index (χ0) is 13.2. The first-order valence-electron chi connectivity index (χ1n) is 7.08. The van der Waals surface area contributed by atoms with E-state index in [-0.39, 0.29) is 5.41 Å². The maximum atomic E-state index is 6.10. The molecule has 100 valence electrons. The van der Waals surface area contributed by atoms with Gasteiger partial charge in [0.1, 0.15) is 5.75 Å². The molecule has 0 aromatic heterocycles. The fourth-order valence-corrected chi connectivity index (χ4v) is 3.17. The maximum absolute atomic E-state index is 6.10. The van der Waals surface area contributed by atoms with Crippen LogP contribution in [0.2, 0.25) is 0 Å². The van der Waals surface area contributed by atoms with Crippen molar-refractivity contribution in [3.63, 3.8) is 0 Å². The van der Waals surface area contributed by atoms with Gasteiger partial charge in [0, 0.05) is 17.5 Å². The van der Waals surface area contributed by atoms with Gasteiger partial charge in [0.25, 0.3) is 0 Å². The average Bonchev–Trinajstić information content (AvgIpc) is 2.85. The zero-order valence-corrected chi connectivity index (χ0v) is 11.9. The monoisotopic (exact) mass is 247 g/mol. The molecule has 2 heteroatoms. The largest absolute Gasteiger partial charge is 0.493 e. The van der Waals surface area contributed by atoms with Crippen molar-refractivity contribution >= 4 is 0 Å². The summed E-state index contributed by atoms with van der Waals surface area (Å²) >= 11 is 0. The fraction of sp³-hybridized carbons (Fsp3) is 0.625. The molecule has 2 rings (SSSR count). The highest BCUT2D eigenvalue weighted by molar-refractivity contribution is 5.49. The molecule has 0 atom stereocenters. The summed E-state index contributed by atoms with van der Waals surface area (Å²) in [5.41, 5.74) is 10.2. The van der Waals surface area contributed by atoms with Crippen molar-refractivity contribution in [2.24, 2.45) is 5.73 Å². The summed E-state index contributed by atoms with van der Waals surface area (Å²) in [6, 6.07) is 4.45. The number of hydrogen-bond donors (Lipinski definition) is 1. The predicted octanol–water partition coefficient (Wildman–Crippen LogP) is 3.47. The molecule has 1 fully saturated rings. The standard InChI is InChI=1S/C16H25NO/c1-4-18-15-13(3)12(2)7-8-14(15)16(11-17)9-5-6-10-16/h7-8H,4-6,9-11,17H2,1-3H3. The average molecular weight is 247 g/mol. The molecule has 18 heavy (non-hydrogen) atoms. The highest BCUT2D eigenvalue weighted by Gasteiger charge is 2.37.